The van der Waals surface area contributed by atoms with Gasteiger partial charge in [0.1, 0.15) is 22.4 Å². The summed E-state index contributed by atoms with van der Waals surface area (Å²) >= 11 is 0. The predicted molar refractivity (Wildman–Crippen MR) is 325 cm³/mol. The molecule has 1 saturated carbocycles. The SMILES string of the molecule is C.C1CCOC1.CC(=O)[C@@H]1CCCN1C(=O)OC(C)(C)C.CC(C)(C)OC(=O)N1CCC[C@H]1C(O)(c1ccccc1)c1ccccc1.OC(c1ccccc1)(c1ccccc1)C1CCCC1.S.S.S.[Br-].[Mg+2].[c-]1ccccc1. The van der Waals surface area contributed by atoms with E-state index in [-0.39, 0.29) is 118 Å². The first kappa shape index (κ1) is 75.6. The van der Waals surface area contributed by atoms with Crippen LogP contribution in [0.5, 0.6) is 0 Å². The van der Waals surface area contributed by atoms with Crippen LogP contribution in [-0.2, 0) is 30.2 Å². The van der Waals surface area contributed by atoms with E-state index < -0.39 is 22.4 Å². The Morgan fingerprint density at radius 2 is 0.870 bits per heavy atom. The van der Waals surface area contributed by atoms with E-state index in [1.54, 1.807) is 4.90 Å². The van der Waals surface area contributed by atoms with Crippen molar-refractivity contribution in [3.63, 3.8) is 0 Å². The normalized spacial score (nSPS) is 16.6. The summed E-state index contributed by atoms with van der Waals surface area (Å²) in [6.07, 6.45) is 9.69. The molecular weight excluding hydrogens is 1100 g/mol. The zero-order chi connectivity index (χ0) is 51.3. The molecular formula is C62H89BrMgN2O8S3. The van der Waals surface area contributed by atoms with Crippen LogP contribution in [0.3, 0.4) is 0 Å². The number of carbonyl (C=O) groups is 3. The average Bonchev–Trinajstić information content (AvgIpc) is 4.24. The molecule has 3 heterocycles. The largest absolute Gasteiger partial charge is 2.00 e. The second-order valence-electron chi connectivity index (χ2n) is 20.6. The van der Waals surface area contributed by atoms with Gasteiger partial charge >= 0.3 is 35.2 Å². The van der Waals surface area contributed by atoms with Gasteiger partial charge in [0, 0.05) is 26.3 Å². The van der Waals surface area contributed by atoms with Gasteiger partial charge in [-0.1, -0.05) is 142 Å². The Morgan fingerprint density at radius 3 is 1.19 bits per heavy atom. The van der Waals surface area contributed by atoms with Crippen molar-refractivity contribution < 1.29 is 55.8 Å². The monoisotopic (exact) mass is 1190 g/mol. The quantitative estimate of drug-likeness (QED) is 0.122. The van der Waals surface area contributed by atoms with Gasteiger partial charge in [-0.25, -0.2) is 9.59 Å². The first-order valence-corrected chi connectivity index (χ1v) is 25.6. The van der Waals surface area contributed by atoms with Crippen LogP contribution in [0.4, 0.5) is 9.59 Å². The fourth-order valence-corrected chi connectivity index (χ4v) is 9.62. The van der Waals surface area contributed by atoms with E-state index >= 15 is 0 Å². The zero-order valence-corrected chi connectivity index (χ0v) is 51.9. The first-order chi connectivity index (χ1) is 33.9. The number of nitrogens with zero attached hydrogens (tertiary/aromatic N) is 2. The second kappa shape index (κ2) is 37.4. The zero-order valence-electron chi connectivity index (χ0n) is 45.9. The number of Topliss-reactive ketones (excluding diaryl/α,β-unsaturated/α-hetero) is 1. The summed E-state index contributed by atoms with van der Waals surface area (Å²) in [7, 11) is 0. The third-order valence-corrected chi connectivity index (χ3v) is 12.9. The molecule has 9 rings (SSSR count). The minimum Gasteiger partial charge on any atom is -1.00 e. The minimum absolute atomic E-state index is 0. The summed E-state index contributed by atoms with van der Waals surface area (Å²) < 4.78 is 15.8. The van der Waals surface area contributed by atoms with E-state index in [0.29, 0.717) is 19.0 Å². The van der Waals surface area contributed by atoms with E-state index in [4.69, 9.17) is 14.2 Å². The Kier molecular flexibility index (Phi) is 36.7. The summed E-state index contributed by atoms with van der Waals surface area (Å²) in [4.78, 5) is 39.0. The topological polar surface area (TPSA) is 126 Å². The molecule has 0 radical (unpaired) electrons. The first-order valence-electron chi connectivity index (χ1n) is 25.6. The number of ketones is 1. The van der Waals surface area contributed by atoms with Crippen LogP contribution in [0.1, 0.15) is 142 Å². The van der Waals surface area contributed by atoms with Gasteiger partial charge in [-0.15, -0.1) is 0 Å². The summed E-state index contributed by atoms with van der Waals surface area (Å²) in [5.74, 6) is 0.371. The number of rotatable bonds is 7. The molecule has 2 N–H and O–H groups in total. The average molecular weight is 1190 g/mol. The Morgan fingerprint density at radius 1 is 0.519 bits per heavy atom. The Bertz CT molecular complexity index is 2210. The maximum atomic E-state index is 12.8. The molecule has 2 amide bonds. The Balaban J connectivity index is 0. The number of hydrogen-bond donors (Lipinski definition) is 2. The molecule has 0 spiro atoms. The van der Waals surface area contributed by atoms with Crippen molar-refractivity contribution in [2.45, 2.75) is 155 Å². The number of halogens is 1. The molecule has 0 aromatic heterocycles. The van der Waals surface area contributed by atoms with E-state index in [1.807, 2.05) is 193 Å². The molecule has 422 valence electrons. The molecule has 15 heteroatoms. The van der Waals surface area contributed by atoms with Crippen molar-refractivity contribution in [2.75, 3.05) is 26.3 Å². The van der Waals surface area contributed by atoms with Crippen molar-refractivity contribution in [3.8, 4) is 0 Å². The van der Waals surface area contributed by atoms with Crippen LogP contribution in [0.25, 0.3) is 0 Å². The molecule has 77 heavy (non-hydrogen) atoms. The molecule has 4 fully saturated rings. The van der Waals surface area contributed by atoms with Crippen LogP contribution in [0, 0.1) is 12.0 Å². The maximum absolute atomic E-state index is 12.8. The molecule has 0 unspecified atom stereocenters. The third kappa shape index (κ3) is 23.2. The number of benzene rings is 5. The molecule has 0 bridgehead atoms. The Hall–Kier alpha value is -3.51. The van der Waals surface area contributed by atoms with Crippen molar-refractivity contribution in [1.29, 1.82) is 0 Å². The number of amides is 2. The molecule has 2 atom stereocenters. The predicted octanol–water partition coefficient (Wildman–Crippen LogP) is 10.3. The van der Waals surface area contributed by atoms with Gasteiger partial charge < -0.3 is 46.3 Å². The molecule has 3 saturated heterocycles. The van der Waals surface area contributed by atoms with Crippen LogP contribution in [-0.4, -0.2) is 111 Å². The molecule has 5 aromatic rings. The number of aliphatic hydroxyl groups is 2. The van der Waals surface area contributed by atoms with Crippen LogP contribution < -0.4 is 17.0 Å². The van der Waals surface area contributed by atoms with Crippen molar-refractivity contribution in [2.24, 2.45) is 5.92 Å². The van der Waals surface area contributed by atoms with Gasteiger partial charge in [0.15, 0.2) is 5.78 Å². The van der Waals surface area contributed by atoms with Crippen LogP contribution in [0.15, 0.2) is 152 Å². The molecule has 5 aromatic carbocycles. The summed E-state index contributed by atoms with van der Waals surface area (Å²) in [6.45, 7) is 15.8. The number of carbonyl (C=O) groups excluding carboxylic acids is 3. The van der Waals surface area contributed by atoms with Gasteiger partial charge in [-0.2, -0.15) is 76.9 Å². The second-order valence-corrected chi connectivity index (χ2v) is 20.6. The minimum atomic E-state index is -1.28. The fourth-order valence-electron chi connectivity index (χ4n) is 9.62. The van der Waals surface area contributed by atoms with Gasteiger partial charge in [0.2, 0.25) is 0 Å². The summed E-state index contributed by atoms with van der Waals surface area (Å²) in [5.41, 5.74) is 0.428. The van der Waals surface area contributed by atoms with Crippen molar-refractivity contribution in [3.05, 3.63) is 180 Å². The summed E-state index contributed by atoms with van der Waals surface area (Å²) in [6, 6.07) is 51.3. The molecule has 3 aliphatic heterocycles. The molecule has 1 aliphatic carbocycles. The van der Waals surface area contributed by atoms with E-state index in [2.05, 4.69) is 6.07 Å². The van der Waals surface area contributed by atoms with E-state index in [0.717, 1.165) is 74.0 Å². The van der Waals surface area contributed by atoms with Crippen molar-refractivity contribution >= 4 is 81.5 Å². The van der Waals surface area contributed by atoms with Gasteiger partial charge in [-0.3, -0.25) is 9.69 Å². The van der Waals surface area contributed by atoms with Crippen molar-refractivity contribution in [1.82, 2.24) is 9.80 Å². The smallest absolute Gasteiger partial charge is 1.00 e. The molecule has 4 aliphatic rings. The van der Waals surface area contributed by atoms with E-state index in [1.165, 1.54) is 37.5 Å². The standard InChI is InChI=1S/C22H27NO3.C18H20O.C11H19NO3.C6H5.C4H8O.CH4.BrH.Mg.3H2S/c1-21(2,3)26-20(24)23-16-10-15-19(23)22(25,17-11-6-4-7-12-17)18-13-8-5-9-14-18;19-18(17-13-7-8-14-17,15-9-3-1-4-10-15)16-11-5-2-6-12-16;1-8(13)9-6-5-7-12(9)10(14)15-11(2,3)4;1-2-4-6-5-3-1;1-2-4-5-3-1;;;;;;/h4-9,11-14,19,25H,10,15-16H2,1-3H3;1-6,9-12,17,19H,7-8,13-14H2;9H,5-7H2,1-4H3;1-5H;1-4H2;1H4;1H;;3*1H2/q;;;-1;;;;+2;;;/p-1/t19-;;9-;;;;;;;;/m0.0......../s1. The number of likely N-dealkylation sites (tertiary alicyclic amines) is 2. The third-order valence-electron chi connectivity index (χ3n) is 12.9. The van der Waals surface area contributed by atoms with E-state index in [9.17, 15) is 24.6 Å². The van der Waals surface area contributed by atoms with Gasteiger partial charge in [0.25, 0.3) is 0 Å². The summed E-state index contributed by atoms with van der Waals surface area (Å²) in [5, 5.41) is 23.4. The molecule has 10 nitrogen and oxygen atoms in total. The number of ether oxygens (including phenoxy) is 3. The van der Waals surface area contributed by atoms with Gasteiger partial charge in [0.05, 0.1) is 12.1 Å². The van der Waals surface area contributed by atoms with Gasteiger partial charge in [-0.05, 0) is 128 Å². The Labute approximate surface area is 510 Å². The van der Waals surface area contributed by atoms with Crippen LogP contribution >= 0.6 is 40.5 Å². The number of hydrogen-bond acceptors (Lipinski definition) is 8. The van der Waals surface area contributed by atoms with Crippen LogP contribution in [0.2, 0.25) is 0 Å². The fraction of sp³-hybridized carbons (Fsp3) is 0.468. The maximum Gasteiger partial charge on any atom is 2.00 e.